The first-order valence-corrected chi connectivity index (χ1v) is 11.9. The minimum absolute atomic E-state index is 0.00598. The third kappa shape index (κ3) is 3.71. The predicted octanol–water partition coefficient (Wildman–Crippen LogP) is 4.46. The van der Waals surface area contributed by atoms with Crippen LogP contribution in [0.3, 0.4) is 0 Å². The number of hydrogen-bond acceptors (Lipinski definition) is 6. The maximum atomic E-state index is 12.2. The molecule has 1 saturated carbocycles. The third-order valence-corrected chi connectivity index (χ3v) is 7.24. The monoisotopic (exact) mass is 466 g/mol. The lowest BCUT2D eigenvalue weighted by Gasteiger charge is -2.20. The van der Waals surface area contributed by atoms with Crippen molar-refractivity contribution < 1.29 is 9.53 Å². The Morgan fingerprint density at radius 1 is 1.03 bits per heavy atom. The first kappa shape index (κ1) is 21.3. The molecule has 2 fully saturated rings. The molecule has 35 heavy (non-hydrogen) atoms. The van der Waals surface area contributed by atoms with Crippen molar-refractivity contribution in [2.45, 2.75) is 18.9 Å². The van der Waals surface area contributed by atoms with Gasteiger partial charge in [-0.2, -0.15) is 5.10 Å². The van der Waals surface area contributed by atoms with Gasteiger partial charge in [0.2, 0.25) is 5.91 Å². The number of aromatic nitrogens is 4. The van der Waals surface area contributed by atoms with Crippen LogP contribution in [0.4, 0.5) is 5.82 Å². The Morgan fingerprint density at radius 3 is 2.57 bits per heavy atom. The van der Waals surface area contributed by atoms with Gasteiger partial charge in [0.15, 0.2) is 5.65 Å². The van der Waals surface area contributed by atoms with Gasteiger partial charge >= 0.3 is 0 Å². The number of nitrogens with zero attached hydrogens (tertiary/aromatic N) is 5. The molecule has 8 heteroatoms. The lowest BCUT2D eigenvalue weighted by Crippen LogP contribution is -2.29. The van der Waals surface area contributed by atoms with Crippen molar-refractivity contribution in [3.63, 3.8) is 0 Å². The van der Waals surface area contributed by atoms with E-state index >= 15 is 0 Å². The van der Waals surface area contributed by atoms with Crippen molar-refractivity contribution in [2.75, 3.05) is 18.8 Å². The van der Waals surface area contributed by atoms with E-state index in [-0.39, 0.29) is 11.9 Å². The highest BCUT2D eigenvalue weighted by atomic mass is 16.5. The van der Waals surface area contributed by atoms with Crippen LogP contribution in [-0.2, 0) is 4.79 Å². The largest absolute Gasteiger partial charge is 0.457 e. The maximum absolute atomic E-state index is 12.2. The van der Waals surface area contributed by atoms with E-state index in [1.807, 2.05) is 64.2 Å². The molecule has 2 aromatic heterocycles. The first-order chi connectivity index (χ1) is 17.1. The number of carbonyl (C=O) groups is 1. The smallest absolute Gasteiger partial charge is 0.245 e. The first-order valence-electron chi connectivity index (χ1n) is 11.9. The zero-order valence-electron chi connectivity index (χ0n) is 19.2. The van der Waals surface area contributed by atoms with Crippen LogP contribution in [0.1, 0.15) is 18.9 Å². The van der Waals surface area contributed by atoms with E-state index in [1.165, 1.54) is 12.4 Å². The van der Waals surface area contributed by atoms with Crippen LogP contribution in [-0.4, -0.2) is 43.6 Å². The van der Waals surface area contributed by atoms with Gasteiger partial charge in [-0.3, -0.25) is 4.79 Å². The molecule has 176 valence electrons. The molecular formula is C27H26N6O2. The molecule has 3 atom stereocenters. The summed E-state index contributed by atoms with van der Waals surface area (Å²) < 4.78 is 7.96. The Labute approximate surface area is 203 Å². The number of anilines is 1. The second-order valence-electron chi connectivity index (χ2n) is 9.21. The number of fused-ring (bicyclic) bond motifs is 2. The van der Waals surface area contributed by atoms with Gasteiger partial charge in [-0.15, -0.1) is 0 Å². The van der Waals surface area contributed by atoms with Crippen LogP contribution in [0.5, 0.6) is 11.5 Å². The fraction of sp³-hybridized carbons (Fsp3) is 0.259. The van der Waals surface area contributed by atoms with Crippen LogP contribution >= 0.6 is 0 Å². The molecule has 6 rings (SSSR count). The second kappa shape index (κ2) is 8.54. The van der Waals surface area contributed by atoms with E-state index in [9.17, 15) is 4.79 Å². The summed E-state index contributed by atoms with van der Waals surface area (Å²) in [6.07, 6.45) is 4.94. The molecule has 2 aliphatic rings. The molecular weight excluding hydrogens is 440 g/mol. The lowest BCUT2D eigenvalue weighted by atomic mass is 9.98. The maximum Gasteiger partial charge on any atom is 0.245 e. The number of carbonyl (C=O) groups excluding carboxylic acids is 1. The summed E-state index contributed by atoms with van der Waals surface area (Å²) in [4.78, 5) is 22.9. The van der Waals surface area contributed by atoms with Gasteiger partial charge in [0.05, 0.1) is 11.4 Å². The highest BCUT2D eigenvalue weighted by molar-refractivity contribution is 5.98. The summed E-state index contributed by atoms with van der Waals surface area (Å²) >= 11 is 0. The molecule has 2 aromatic carbocycles. The Balaban J connectivity index is 1.35. The fourth-order valence-corrected chi connectivity index (χ4v) is 5.58. The van der Waals surface area contributed by atoms with Gasteiger partial charge in [0.25, 0.3) is 0 Å². The van der Waals surface area contributed by atoms with E-state index in [0.29, 0.717) is 24.2 Å². The van der Waals surface area contributed by atoms with Gasteiger partial charge in [-0.05, 0) is 61.2 Å². The number of benzene rings is 2. The van der Waals surface area contributed by atoms with Gasteiger partial charge in [-0.1, -0.05) is 24.8 Å². The summed E-state index contributed by atoms with van der Waals surface area (Å²) in [5, 5.41) is 5.79. The molecule has 2 N–H and O–H groups in total. The zero-order chi connectivity index (χ0) is 23.9. The normalized spacial score (nSPS) is 21.3. The number of nitrogens with two attached hydrogens (primary N) is 1. The standard InChI is InChI=1S/C27H26N6O2/c1-2-23(34)32-14-18-10-13-22(21(18)15-32)33-27-24(26(28)29-16-30-27)25(31-33)17-8-11-20(12-9-17)35-19-6-4-3-5-7-19/h2-9,11-12,16,18,21-22H,1,10,13-15H2,(H2,28,29,30). The summed E-state index contributed by atoms with van der Waals surface area (Å²) in [7, 11) is 0. The predicted molar refractivity (Wildman–Crippen MR) is 134 cm³/mol. The molecule has 0 bridgehead atoms. The molecule has 8 nitrogen and oxygen atoms in total. The average molecular weight is 467 g/mol. The van der Waals surface area contributed by atoms with Crippen molar-refractivity contribution in [1.29, 1.82) is 0 Å². The quantitative estimate of drug-likeness (QED) is 0.436. The summed E-state index contributed by atoms with van der Waals surface area (Å²) in [6.45, 7) is 5.13. The topological polar surface area (TPSA) is 99.2 Å². The van der Waals surface area contributed by atoms with Crippen LogP contribution < -0.4 is 10.5 Å². The van der Waals surface area contributed by atoms with E-state index in [2.05, 4.69) is 16.5 Å². The number of likely N-dealkylation sites (tertiary alicyclic amines) is 1. The number of hydrogen-bond donors (Lipinski definition) is 1. The SMILES string of the molecule is C=CC(=O)N1CC2CCC(n3nc(-c4ccc(Oc5ccccc5)cc4)c4c(N)ncnc43)C2C1. The van der Waals surface area contributed by atoms with Crippen molar-refractivity contribution >= 4 is 22.8 Å². The van der Waals surface area contributed by atoms with E-state index < -0.39 is 0 Å². The molecule has 0 radical (unpaired) electrons. The van der Waals surface area contributed by atoms with Gasteiger partial charge < -0.3 is 15.4 Å². The minimum Gasteiger partial charge on any atom is -0.457 e. The van der Waals surface area contributed by atoms with E-state index in [4.69, 9.17) is 15.6 Å². The Hall–Kier alpha value is -4.20. The van der Waals surface area contributed by atoms with Crippen molar-refractivity contribution in [3.05, 3.63) is 73.6 Å². The molecule has 4 aromatic rings. The molecule has 3 heterocycles. The van der Waals surface area contributed by atoms with Crippen molar-refractivity contribution in [2.24, 2.45) is 11.8 Å². The summed E-state index contributed by atoms with van der Waals surface area (Å²) in [6, 6.07) is 17.6. The molecule has 1 amide bonds. The molecule has 1 saturated heterocycles. The van der Waals surface area contributed by atoms with Crippen LogP contribution in [0.2, 0.25) is 0 Å². The number of nitrogen functional groups attached to an aromatic ring is 1. The fourth-order valence-electron chi connectivity index (χ4n) is 5.58. The van der Waals surface area contributed by atoms with Gasteiger partial charge in [0, 0.05) is 24.6 Å². The van der Waals surface area contributed by atoms with Crippen molar-refractivity contribution in [1.82, 2.24) is 24.6 Å². The summed E-state index contributed by atoms with van der Waals surface area (Å²) in [5.74, 6) is 2.71. The molecule has 1 aliphatic carbocycles. The number of amides is 1. The average Bonchev–Trinajstić information content (AvgIpc) is 3.58. The van der Waals surface area contributed by atoms with Gasteiger partial charge in [0.1, 0.15) is 29.3 Å². The van der Waals surface area contributed by atoms with Crippen LogP contribution in [0.25, 0.3) is 22.3 Å². The van der Waals surface area contributed by atoms with E-state index in [0.717, 1.165) is 53.2 Å². The lowest BCUT2D eigenvalue weighted by molar-refractivity contribution is -0.125. The minimum atomic E-state index is -0.00598. The highest BCUT2D eigenvalue weighted by Crippen LogP contribution is 2.46. The molecule has 3 unspecified atom stereocenters. The highest BCUT2D eigenvalue weighted by Gasteiger charge is 2.45. The Bertz CT molecular complexity index is 1400. The third-order valence-electron chi connectivity index (χ3n) is 7.24. The van der Waals surface area contributed by atoms with Crippen LogP contribution in [0.15, 0.2) is 73.6 Å². The number of rotatable bonds is 5. The van der Waals surface area contributed by atoms with Gasteiger partial charge in [-0.25, -0.2) is 14.6 Å². The Kier molecular flexibility index (Phi) is 5.21. The Morgan fingerprint density at radius 2 is 1.80 bits per heavy atom. The molecule has 1 aliphatic heterocycles. The number of para-hydroxylation sites is 1. The van der Waals surface area contributed by atoms with Crippen molar-refractivity contribution in [3.8, 4) is 22.8 Å². The summed E-state index contributed by atoms with van der Waals surface area (Å²) in [5.41, 5.74) is 8.74. The molecule has 0 spiro atoms. The van der Waals surface area contributed by atoms with Crippen LogP contribution in [0, 0.1) is 11.8 Å². The zero-order valence-corrected chi connectivity index (χ0v) is 19.2. The second-order valence-corrected chi connectivity index (χ2v) is 9.21. The van der Waals surface area contributed by atoms with E-state index in [1.54, 1.807) is 0 Å². The number of ether oxygens (including phenoxy) is 1.